The summed E-state index contributed by atoms with van der Waals surface area (Å²) in [5.74, 6) is -0.434. The molecule has 0 aliphatic rings. The average molecular weight is 234 g/mol. The molecule has 3 nitrogen and oxygen atoms in total. The van der Waals surface area contributed by atoms with E-state index in [1.807, 2.05) is 0 Å². The summed E-state index contributed by atoms with van der Waals surface area (Å²) < 4.78 is 5.24. The predicted octanol–water partition coefficient (Wildman–Crippen LogP) is 2.93. The maximum absolute atomic E-state index is 11.3. The molecule has 1 aromatic rings. The van der Waals surface area contributed by atoms with Crippen LogP contribution in [-0.2, 0) is 11.2 Å². The number of aryl methyl sites for hydroxylation is 1. The van der Waals surface area contributed by atoms with Gasteiger partial charge in [0.2, 0.25) is 0 Å². The number of carbonyl (C=O) groups excluding carboxylic acids is 1. The molecule has 78 valence electrons. The lowest BCUT2D eigenvalue weighted by Gasteiger charge is -1.96. The molecule has 0 aromatic carbocycles. The van der Waals surface area contributed by atoms with E-state index in [-0.39, 0.29) is 5.69 Å². The van der Waals surface area contributed by atoms with E-state index < -0.39 is 5.97 Å². The molecular weight excluding hydrogens is 222 g/mol. The molecule has 1 rings (SSSR count). The zero-order valence-corrected chi connectivity index (χ0v) is 9.74. The van der Waals surface area contributed by atoms with Crippen LogP contribution >= 0.6 is 22.9 Å². The predicted molar refractivity (Wildman–Crippen MR) is 57.1 cm³/mol. The summed E-state index contributed by atoms with van der Waals surface area (Å²) in [6.07, 6.45) is 1.84. The first-order valence-corrected chi connectivity index (χ1v) is 5.70. The van der Waals surface area contributed by atoms with Crippen LogP contribution in [0, 0.1) is 0 Å². The summed E-state index contributed by atoms with van der Waals surface area (Å²) >= 11 is 7.21. The van der Waals surface area contributed by atoms with E-state index in [0.29, 0.717) is 10.9 Å². The third-order valence-electron chi connectivity index (χ3n) is 1.56. The zero-order valence-electron chi connectivity index (χ0n) is 8.17. The smallest absolute Gasteiger partial charge is 0.359 e. The maximum atomic E-state index is 11.3. The number of halogens is 1. The fourth-order valence-corrected chi connectivity index (χ4v) is 2.25. The van der Waals surface area contributed by atoms with Crippen molar-refractivity contribution in [2.45, 2.75) is 26.7 Å². The second kappa shape index (κ2) is 5.32. The highest BCUT2D eigenvalue weighted by atomic mass is 35.5. The number of esters is 1. The number of hydrogen-bond donors (Lipinski definition) is 0. The van der Waals surface area contributed by atoms with Gasteiger partial charge in [-0.1, -0.05) is 18.5 Å². The van der Waals surface area contributed by atoms with E-state index >= 15 is 0 Å². The summed E-state index contributed by atoms with van der Waals surface area (Å²) in [6.45, 7) is 4.15. The highest BCUT2D eigenvalue weighted by Gasteiger charge is 2.17. The molecular formula is C9H12ClNO2S. The van der Waals surface area contributed by atoms with Crippen LogP contribution in [0.1, 0.15) is 35.8 Å². The summed E-state index contributed by atoms with van der Waals surface area (Å²) in [5, 5.41) is 0.889. The van der Waals surface area contributed by atoms with E-state index in [0.717, 1.165) is 17.8 Å². The lowest BCUT2D eigenvalue weighted by atomic mass is 10.3. The topological polar surface area (TPSA) is 39.2 Å². The van der Waals surface area contributed by atoms with Crippen LogP contribution in [-0.4, -0.2) is 17.6 Å². The number of hydrogen-bond acceptors (Lipinski definition) is 4. The Bertz CT molecular complexity index is 325. The molecule has 0 radical (unpaired) electrons. The number of aromatic nitrogens is 1. The molecule has 5 heteroatoms. The van der Waals surface area contributed by atoms with Gasteiger partial charge in [0.1, 0.15) is 4.34 Å². The molecule has 0 N–H and O–H groups in total. The number of rotatable bonds is 4. The van der Waals surface area contributed by atoms with Crippen LogP contribution in [0.2, 0.25) is 4.34 Å². The van der Waals surface area contributed by atoms with Crippen molar-refractivity contribution < 1.29 is 9.53 Å². The quantitative estimate of drug-likeness (QED) is 0.751. The molecule has 0 amide bonds. The minimum atomic E-state index is -0.434. The van der Waals surface area contributed by atoms with Crippen LogP contribution in [0.15, 0.2) is 0 Å². The molecule has 0 saturated carbocycles. The van der Waals surface area contributed by atoms with Gasteiger partial charge in [-0.25, -0.2) is 9.78 Å². The van der Waals surface area contributed by atoms with Crippen molar-refractivity contribution in [1.82, 2.24) is 4.98 Å². The van der Waals surface area contributed by atoms with Gasteiger partial charge >= 0.3 is 5.97 Å². The number of nitrogens with zero attached hydrogens (tertiary/aromatic N) is 1. The van der Waals surface area contributed by atoms with Crippen molar-refractivity contribution in [3.05, 3.63) is 15.0 Å². The highest BCUT2D eigenvalue weighted by Crippen LogP contribution is 2.25. The Morgan fingerprint density at radius 3 is 2.86 bits per heavy atom. The lowest BCUT2D eigenvalue weighted by molar-refractivity contribution is 0.0520. The Balaban J connectivity index is 2.81. The largest absolute Gasteiger partial charge is 0.461 e. The lowest BCUT2D eigenvalue weighted by Crippen LogP contribution is -2.05. The summed E-state index contributed by atoms with van der Waals surface area (Å²) in [5.41, 5.74) is 0.252. The van der Waals surface area contributed by atoms with Crippen molar-refractivity contribution in [2.75, 3.05) is 6.61 Å². The van der Waals surface area contributed by atoms with Gasteiger partial charge in [-0.05, 0) is 19.8 Å². The Morgan fingerprint density at radius 2 is 2.29 bits per heavy atom. The molecule has 0 fully saturated rings. The average Bonchev–Trinajstić information content (AvgIpc) is 2.48. The van der Waals surface area contributed by atoms with Crippen molar-refractivity contribution in [1.29, 1.82) is 0 Å². The molecule has 0 aliphatic carbocycles. The van der Waals surface area contributed by atoms with Gasteiger partial charge in [-0.15, -0.1) is 11.3 Å². The molecule has 14 heavy (non-hydrogen) atoms. The van der Waals surface area contributed by atoms with Gasteiger partial charge in [-0.3, -0.25) is 0 Å². The molecule has 0 aliphatic heterocycles. The summed E-state index contributed by atoms with van der Waals surface area (Å²) in [4.78, 5) is 15.5. The fraction of sp³-hybridized carbons (Fsp3) is 0.556. The van der Waals surface area contributed by atoms with Crippen LogP contribution in [0.5, 0.6) is 0 Å². The van der Waals surface area contributed by atoms with E-state index in [1.54, 1.807) is 6.92 Å². The van der Waals surface area contributed by atoms with Crippen LogP contribution < -0.4 is 0 Å². The number of ether oxygens (including phenoxy) is 1. The SMILES string of the molecule is CCCc1nc(C(=O)OCC)c(Cl)s1. The third-order valence-corrected chi connectivity index (χ3v) is 2.88. The van der Waals surface area contributed by atoms with Crippen LogP contribution in [0.25, 0.3) is 0 Å². The first kappa shape index (κ1) is 11.5. The molecule has 0 atom stereocenters. The second-order valence-corrected chi connectivity index (χ2v) is 4.39. The highest BCUT2D eigenvalue weighted by molar-refractivity contribution is 7.16. The summed E-state index contributed by atoms with van der Waals surface area (Å²) in [6, 6.07) is 0. The van der Waals surface area contributed by atoms with E-state index in [1.165, 1.54) is 11.3 Å². The molecule has 0 spiro atoms. The minimum absolute atomic E-state index is 0.252. The monoisotopic (exact) mass is 233 g/mol. The molecule has 1 aromatic heterocycles. The Morgan fingerprint density at radius 1 is 1.57 bits per heavy atom. The maximum Gasteiger partial charge on any atom is 0.359 e. The molecule has 0 saturated heterocycles. The van der Waals surface area contributed by atoms with E-state index in [2.05, 4.69) is 11.9 Å². The first-order chi connectivity index (χ1) is 6.69. The van der Waals surface area contributed by atoms with Crippen molar-refractivity contribution >= 4 is 28.9 Å². The van der Waals surface area contributed by atoms with Gasteiger partial charge in [0.15, 0.2) is 5.69 Å². The zero-order chi connectivity index (χ0) is 10.6. The summed E-state index contributed by atoms with van der Waals surface area (Å²) in [7, 11) is 0. The van der Waals surface area contributed by atoms with Gasteiger partial charge in [-0.2, -0.15) is 0 Å². The van der Waals surface area contributed by atoms with Gasteiger partial charge in [0.05, 0.1) is 11.6 Å². The van der Waals surface area contributed by atoms with Crippen molar-refractivity contribution in [3.63, 3.8) is 0 Å². The van der Waals surface area contributed by atoms with Gasteiger partial charge in [0.25, 0.3) is 0 Å². The van der Waals surface area contributed by atoms with Gasteiger partial charge in [0, 0.05) is 0 Å². The normalized spacial score (nSPS) is 10.2. The second-order valence-electron chi connectivity index (χ2n) is 2.70. The van der Waals surface area contributed by atoms with E-state index in [9.17, 15) is 4.79 Å². The van der Waals surface area contributed by atoms with Crippen LogP contribution in [0.4, 0.5) is 0 Å². The van der Waals surface area contributed by atoms with E-state index in [4.69, 9.17) is 16.3 Å². The van der Waals surface area contributed by atoms with Crippen LogP contribution in [0.3, 0.4) is 0 Å². The Kier molecular flexibility index (Phi) is 4.35. The number of thiazole rings is 1. The van der Waals surface area contributed by atoms with Crippen molar-refractivity contribution in [2.24, 2.45) is 0 Å². The molecule has 0 unspecified atom stereocenters. The molecule has 1 heterocycles. The third kappa shape index (κ3) is 2.69. The minimum Gasteiger partial charge on any atom is -0.461 e. The standard InChI is InChI=1S/C9H12ClNO2S/c1-3-5-6-11-7(8(10)14-6)9(12)13-4-2/h3-5H2,1-2H3. The first-order valence-electron chi connectivity index (χ1n) is 4.51. The fourth-order valence-electron chi connectivity index (χ4n) is 0.989. The van der Waals surface area contributed by atoms with Crippen molar-refractivity contribution in [3.8, 4) is 0 Å². The molecule has 0 bridgehead atoms. The number of carbonyl (C=O) groups is 1. The van der Waals surface area contributed by atoms with Gasteiger partial charge < -0.3 is 4.74 Å². The Labute approximate surface area is 92.1 Å². The Hall–Kier alpha value is -0.610.